The maximum atomic E-state index is 6.15. The Bertz CT molecular complexity index is 533. The highest BCUT2D eigenvalue weighted by Gasteiger charge is 2.21. The summed E-state index contributed by atoms with van der Waals surface area (Å²) < 4.78 is 1.90. The van der Waals surface area contributed by atoms with E-state index in [-0.39, 0.29) is 0 Å². The van der Waals surface area contributed by atoms with Gasteiger partial charge in [-0.15, -0.1) is 0 Å². The summed E-state index contributed by atoms with van der Waals surface area (Å²) in [5.74, 6) is 0.960. The smallest absolute Gasteiger partial charge is 0.141 e. The number of hydrogen-bond acceptors (Lipinski definition) is 3. The van der Waals surface area contributed by atoms with Crippen molar-refractivity contribution in [2.24, 2.45) is 0 Å². The number of rotatable bonds is 5. The molecule has 0 amide bonds. The van der Waals surface area contributed by atoms with Crippen molar-refractivity contribution in [2.75, 3.05) is 0 Å². The summed E-state index contributed by atoms with van der Waals surface area (Å²) in [5.41, 5.74) is 1.07. The molecule has 1 aromatic heterocycles. The standard InChI is InChI=1S/C13H15ClN4/c14-12-4-2-1-3-10(12)8-18-13(16-9-17-18)7-15-11-5-6-11/h1-4,9,11,15H,5-8H2. The van der Waals surface area contributed by atoms with Crippen molar-refractivity contribution in [2.45, 2.75) is 32.0 Å². The van der Waals surface area contributed by atoms with Crippen molar-refractivity contribution in [3.05, 3.63) is 47.0 Å². The van der Waals surface area contributed by atoms with Gasteiger partial charge in [-0.1, -0.05) is 29.8 Å². The predicted octanol–water partition coefficient (Wildman–Crippen LogP) is 2.23. The van der Waals surface area contributed by atoms with Crippen molar-refractivity contribution in [1.82, 2.24) is 20.1 Å². The largest absolute Gasteiger partial charge is 0.307 e. The highest BCUT2D eigenvalue weighted by molar-refractivity contribution is 6.31. The first-order valence-electron chi connectivity index (χ1n) is 6.16. The molecule has 5 heteroatoms. The molecule has 94 valence electrons. The molecule has 3 rings (SSSR count). The van der Waals surface area contributed by atoms with E-state index in [1.807, 2.05) is 28.9 Å². The van der Waals surface area contributed by atoms with E-state index in [2.05, 4.69) is 15.4 Å². The van der Waals surface area contributed by atoms with E-state index in [1.54, 1.807) is 6.33 Å². The van der Waals surface area contributed by atoms with E-state index >= 15 is 0 Å². The van der Waals surface area contributed by atoms with Crippen LogP contribution in [0.5, 0.6) is 0 Å². The Kier molecular flexibility index (Phi) is 3.30. The third-order valence-electron chi connectivity index (χ3n) is 3.10. The van der Waals surface area contributed by atoms with E-state index in [4.69, 9.17) is 11.6 Å². The zero-order valence-corrected chi connectivity index (χ0v) is 10.8. The molecule has 1 aliphatic carbocycles. The van der Waals surface area contributed by atoms with Crippen LogP contribution in [-0.2, 0) is 13.1 Å². The fraction of sp³-hybridized carbons (Fsp3) is 0.385. The van der Waals surface area contributed by atoms with Gasteiger partial charge in [-0.2, -0.15) is 5.10 Å². The first kappa shape index (κ1) is 11.7. The molecule has 4 nitrogen and oxygen atoms in total. The summed E-state index contributed by atoms with van der Waals surface area (Å²) in [5, 5.41) is 8.47. The van der Waals surface area contributed by atoms with Gasteiger partial charge in [-0.05, 0) is 24.5 Å². The summed E-state index contributed by atoms with van der Waals surface area (Å²) in [4.78, 5) is 4.29. The lowest BCUT2D eigenvalue weighted by Crippen LogP contribution is -2.19. The first-order chi connectivity index (χ1) is 8.83. The monoisotopic (exact) mass is 262 g/mol. The van der Waals surface area contributed by atoms with Crippen molar-refractivity contribution in [3.63, 3.8) is 0 Å². The summed E-state index contributed by atoms with van der Waals surface area (Å²) in [7, 11) is 0. The van der Waals surface area contributed by atoms with E-state index in [0.29, 0.717) is 12.6 Å². The lowest BCUT2D eigenvalue weighted by atomic mass is 10.2. The van der Waals surface area contributed by atoms with Gasteiger partial charge in [0.2, 0.25) is 0 Å². The van der Waals surface area contributed by atoms with Crippen LogP contribution in [0.2, 0.25) is 5.02 Å². The van der Waals surface area contributed by atoms with Gasteiger partial charge in [0.05, 0.1) is 13.1 Å². The Labute approximate surface area is 111 Å². The predicted molar refractivity (Wildman–Crippen MR) is 70.4 cm³/mol. The van der Waals surface area contributed by atoms with Crippen LogP contribution in [0.1, 0.15) is 24.2 Å². The van der Waals surface area contributed by atoms with Crippen LogP contribution < -0.4 is 5.32 Å². The van der Waals surface area contributed by atoms with Gasteiger partial charge < -0.3 is 5.32 Å². The Hall–Kier alpha value is -1.39. The molecule has 1 saturated carbocycles. The molecular weight excluding hydrogens is 248 g/mol. The fourth-order valence-electron chi connectivity index (χ4n) is 1.87. The highest BCUT2D eigenvalue weighted by Crippen LogP contribution is 2.19. The topological polar surface area (TPSA) is 42.7 Å². The van der Waals surface area contributed by atoms with Crippen molar-refractivity contribution in [3.8, 4) is 0 Å². The average Bonchev–Trinajstić information content (AvgIpc) is 3.10. The second-order valence-electron chi connectivity index (χ2n) is 4.58. The molecular formula is C13H15ClN4. The summed E-state index contributed by atoms with van der Waals surface area (Å²) in [6.07, 6.45) is 4.15. The van der Waals surface area contributed by atoms with Gasteiger partial charge >= 0.3 is 0 Å². The molecule has 0 radical (unpaired) electrons. The van der Waals surface area contributed by atoms with Crippen LogP contribution in [-0.4, -0.2) is 20.8 Å². The van der Waals surface area contributed by atoms with Crippen LogP contribution in [0, 0.1) is 0 Å². The van der Waals surface area contributed by atoms with E-state index < -0.39 is 0 Å². The van der Waals surface area contributed by atoms with Gasteiger partial charge in [-0.3, -0.25) is 0 Å². The number of aromatic nitrogens is 3. The van der Waals surface area contributed by atoms with Gasteiger partial charge in [0.15, 0.2) is 0 Å². The number of hydrogen-bond donors (Lipinski definition) is 1. The van der Waals surface area contributed by atoms with Crippen molar-refractivity contribution >= 4 is 11.6 Å². The lowest BCUT2D eigenvalue weighted by molar-refractivity contribution is 0.583. The van der Waals surface area contributed by atoms with Gasteiger partial charge in [-0.25, -0.2) is 9.67 Å². The molecule has 0 unspecified atom stereocenters. The van der Waals surface area contributed by atoms with Crippen molar-refractivity contribution < 1.29 is 0 Å². The molecule has 2 aromatic rings. The Morgan fingerprint density at radius 3 is 2.94 bits per heavy atom. The van der Waals surface area contributed by atoms with Gasteiger partial charge in [0.1, 0.15) is 12.2 Å². The molecule has 1 aromatic carbocycles. The normalized spacial score (nSPS) is 14.9. The fourth-order valence-corrected chi connectivity index (χ4v) is 2.06. The molecule has 1 heterocycles. The zero-order chi connectivity index (χ0) is 12.4. The Balaban J connectivity index is 1.71. The minimum Gasteiger partial charge on any atom is -0.307 e. The van der Waals surface area contributed by atoms with Gasteiger partial charge in [0.25, 0.3) is 0 Å². The van der Waals surface area contributed by atoms with Crippen LogP contribution in [0.15, 0.2) is 30.6 Å². The molecule has 0 aliphatic heterocycles. The molecule has 18 heavy (non-hydrogen) atoms. The summed E-state index contributed by atoms with van der Waals surface area (Å²) in [6, 6.07) is 8.51. The molecule has 0 saturated heterocycles. The number of nitrogens with one attached hydrogen (secondary N) is 1. The highest BCUT2D eigenvalue weighted by atomic mass is 35.5. The van der Waals surface area contributed by atoms with Gasteiger partial charge in [0, 0.05) is 11.1 Å². The minimum absolute atomic E-state index is 0.668. The molecule has 0 bridgehead atoms. The SMILES string of the molecule is Clc1ccccc1Cn1ncnc1CNC1CC1. The van der Waals surface area contributed by atoms with E-state index in [1.165, 1.54) is 12.8 Å². The molecule has 1 N–H and O–H groups in total. The third kappa shape index (κ3) is 2.71. The zero-order valence-electron chi connectivity index (χ0n) is 10.0. The summed E-state index contributed by atoms with van der Waals surface area (Å²) in [6.45, 7) is 1.44. The summed E-state index contributed by atoms with van der Waals surface area (Å²) >= 11 is 6.15. The maximum Gasteiger partial charge on any atom is 0.141 e. The number of benzene rings is 1. The Morgan fingerprint density at radius 1 is 1.33 bits per heavy atom. The molecule has 1 fully saturated rings. The second kappa shape index (κ2) is 5.08. The van der Waals surface area contributed by atoms with Crippen LogP contribution in [0.3, 0.4) is 0 Å². The van der Waals surface area contributed by atoms with Crippen molar-refractivity contribution in [1.29, 1.82) is 0 Å². The van der Waals surface area contributed by atoms with Crippen LogP contribution in [0.25, 0.3) is 0 Å². The Morgan fingerprint density at radius 2 is 2.17 bits per heavy atom. The first-order valence-corrected chi connectivity index (χ1v) is 6.54. The van der Waals surface area contributed by atoms with E-state index in [0.717, 1.165) is 23.0 Å². The number of nitrogens with zero attached hydrogens (tertiary/aromatic N) is 3. The lowest BCUT2D eigenvalue weighted by Gasteiger charge is -2.08. The van der Waals surface area contributed by atoms with Crippen LogP contribution in [0.4, 0.5) is 0 Å². The maximum absolute atomic E-state index is 6.15. The molecule has 1 aliphatic rings. The quantitative estimate of drug-likeness (QED) is 0.899. The second-order valence-corrected chi connectivity index (χ2v) is 4.99. The molecule has 0 atom stereocenters. The number of halogens is 1. The third-order valence-corrected chi connectivity index (χ3v) is 3.47. The van der Waals surface area contributed by atoms with E-state index in [9.17, 15) is 0 Å². The molecule has 0 spiro atoms. The minimum atomic E-state index is 0.668. The van der Waals surface area contributed by atoms with Crippen LogP contribution >= 0.6 is 11.6 Å². The average molecular weight is 263 g/mol.